The van der Waals surface area contributed by atoms with Crippen molar-refractivity contribution in [2.24, 2.45) is 5.92 Å². The van der Waals surface area contributed by atoms with E-state index in [1.807, 2.05) is 37.3 Å². The van der Waals surface area contributed by atoms with Gasteiger partial charge in [0.25, 0.3) is 5.91 Å². The molecule has 2 N–H and O–H groups in total. The third-order valence-corrected chi connectivity index (χ3v) is 6.07. The topological polar surface area (TPSA) is 97.0 Å². The number of carbonyl (C=O) groups is 1. The van der Waals surface area contributed by atoms with Crippen LogP contribution in [0, 0.1) is 12.8 Å². The fourth-order valence-corrected chi connectivity index (χ4v) is 4.37. The maximum absolute atomic E-state index is 12.8. The lowest BCUT2D eigenvalue weighted by Gasteiger charge is -2.18. The fraction of sp³-hybridized carbons (Fsp3) is 0.280. The monoisotopic (exact) mass is 462 g/mol. The van der Waals surface area contributed by atoms with E-state index >= 15 is 0 Å². The molecule has 7 nitrogen and oxygen atoms in total. The van der Waals surface area contributed by atoms with Crippen LogP contribution in [0.1, 0.15) is 52.9 Å². The molecule has 4 aromatic rings. The Morgan fingerprint density at radius 3 is 2.61 bits per heavy atom. The molecule has 4 rings (SSSR count). The van der Waals surface area contributed by atoms with Crippen molar-refractivity contribution in [3.8, 4) is 5.75 Å². The van der Waals surface area contributed by atoms with Gasteiger partial charge >= 0.3 is 4.87 Å². The third-order valence-electron chi connectivity index (χ3n) is 5.21. The zero-order chi connectivity index (χ0) is 23.4. The predicted molar refractivity (Wildman–Crippen MR) is 130 cm³/mol. The maximum Gasteiger partial charge on any atom is 0.322 e. The second-order valence-electron chi connectivity index (χ2n) is 8.36. The van der Waals surface area contributed by atoms with Crippen LogP contribution in [0.15, 0.2) is 59.4 Å². The standard InChI is InChI=1S/C25H26N4O3S/c1-15(2)12-22(24-28-29-25(31)33-24)27-23(30)17-8-10-19(11-9-17)32-14-18-13-16(3)26-21-7-5-4-6-20(18)21/h4-11,13,15,22H,12,14H2,1-3H3,(H,27,30)(H,29,31)/t22-/m1/s1. The number of ether oxygens (including phenoxy) is 1. The SMILES string of the molecule is Cc1cc(COc2ccc(C(=O)N[C@H](CC(C)C)c3n[nH]c(=O)s3)cc2)c2ccccc2n1. The van der Waals surface area contributed by atoms with Crippen LogP contribution in [0.4, 0.5) is 0 Å². The Morgan fingerprint density at radius 2 is 1.91 bits per heavy atom. The Morgan fingerprint density at radius 1 is 1.15 bits per heavy atom. The van der Waals surface area contributed by atoms with Gasteiger partial charge in [0.1, 0.15) is 17.4 Å². The van der Waals surface area contributed by atoms with Gasteiger partial charge in [0.2, 0.25) is 0 Å². The molecule has 0 unspecified atom stereocenters. The Balaban J connectivity index is 1.43. The number of amides is 1. The van der Waals surface area contributed by atoms with Gasteiger partial charge in [-0.2, -0.15) is 5.10 Å². The van der Waals surface area contributed by atoms with Crippen molar-refractivity contribution in [1.82, 2.24) is 20.5 Å². The van der Waals surface area contributed by atoms with Gasteiger partial charge in [-0.25, -0.2) is 5.10 Å². The summed E-state index contributed by atoms with van der Waals surface area (Å²) >= 11 is 1.02. The first-order valence-corrected chi connectivity index (χ1v) is 11.6. The van der Waals surface area contributed by atoms with Gasteiger partial charge in [-0.1, -0.05) is 43.4 Å². The highest BCUT2D eigenvalue weighted by Gasteiger charge is 2.20. The maximum atomic E-state index is 12.8. The van der Waals surface area contributed by atoms with Crippen LogP contribution in [0.2, 0.25) is 0 Å². The van der Waals surface area contributed by atoms with Crippen LogP contribution in [0.3, 0.4) is 0 Å². The van der Waals surface area contributed by atoms with Gasteiger partial charge in [-0.3, -0.25) is 14.6 Å². The molecule has 0 bridgehead atoms. The Labute approximate surface area is 195 Å². The molecule has 0 aliphatic heterocycles. The highest BCUT2D eigenvalue weighted by Crippen LogP contribution is 2.23. The summed E-state index contributed by atoms with van der Waals surface area (Å²) in [6.07, 6.45) is 0.688. The molecule has 2 aromatic carbocycles. The van der Waals surface area contributed by atoms with Crippen molar-refractivity contribution in [2.45, 2.75) is 39.8 Å². The van der Waals surface area contributed by atoms with E-state index in [1.54, 1.807) is 24.3 Å². The highest BCUT2D eigenvalue weighted by molar-refractivity contribution is 7.08. The molecule has 1 amide bonds. The van der Waals surface area contributed by atoms with E-state index in [2.05, 4.69) is 34.3 Å². The molecule has 33 heavy (non-hydrogen) atoms. The first-order valence-electron chi connectivity index (χ1n) is 10.8. The molecule has 0 aliphatic rings. The number of fused-ring (bicyclic) bond motifs is 1. The lowest BCUT2D eigenvalue weighted by molar-refractivity contribution is 0.0931. The minimum atomic E-state index is -0.319. The molecule has 0 spiro atoms. The van der Waals surface area contributed by atoms with Crippen molar-refractivity contribution < 1.29 is 9.53 Å². The van der Waals surface area contributed by atoms with Crippen LogP contribution in [-0.2, 0) is 6.61 Å². The molecule has 0 radical (unpaired) electrons. The minimum absolute atomic E-state index is 0.217. The van der Waals surface area contributed by atoms with Crippen LogP contribution in [0.5, 0.6) is 5.75 Å². The van der Waals surface area contributed by atoms with Crippen LogP contribution in [0.25, 0.3) is 10.9 Å². The first kappa shape index (κ1) is 22.7. The van der Waals surface area contributed by atoms with E-state index in [4.69, 9.17) is 4.74 Å². The molecular weight excluding hydrogens is 436 g/mol. The van der Waals surface area contributed by atoms with Crippen LogP contribution < -0.4 is 14.9 Å². The summed E-state index contributed by atoms with van der Waals surface area (Å²) in [7, 11) is 0. The zero-order valence-corrected chi connectivity index (χ0v) is 19.6. The highest BCUT2D eigenvalue weighted by atomic mass is 32.1. The number of hydrogen-bond donors (Lipinski definition) is 2. The largest absolute Gasteiger partial charge is 0.489 e. The average molecular weight is 463 g/mol. The third kappa shape index (κ3) is 5.64. The molecule has 0 aliphatic carbocycles. The number of aryl methyl sites for hydroxylation is 1. The number of benzene rings is 2. The summed E-state index contributed by atoms with van der Waals surface area (Å²) < 4.78 is 5.99. The molecular formula is C25H26N4O3S. The molecule has 170 valence electrons. The van der Waals surface area contributed by atoms with Crippen molar-refractivity contribution in [2.75, 3.05) is 0 Å². The number of hydrogen-bond acceptors (Lipinski definition) is 6. The van der Waals surface area contributed by atoms with Crippen LogP contribution >= 0.6 is 11.3 Å². The van der Waals surface area contributed by atoms with Gasteiger partial charge in [-0.15, -0.1) is 0 Å². The molecule has 0 fully saturated rings. The Bertz CT molecular complexity index is 1310. The quantitative estimate of drug-likeness (QED) is 0.393. The summed E-state index contributed by atoms with van der Waals surface area (Å²) in [6.45, 7) is 6.50. The minimum Gasteiger partial charge on any atom is -0.489 e. The molecule has 1 atom stereocenters. The number of pyridine rings is 1. The smallest absolute Gasteiger partial charge is 0.322 e. The van der Waals surface area contributed by atoms with E-state index in [1.165, 1.54) is 0 Å². The number of carbonyl (C=O) groups excluding carboxylic acids is 1. The number of rotatable bonds is 8. The van der Waals surface area contributed by atoms with E-state index in [0.717, 1.165) is 33.5 Å². The van der Waals surface area contributed by atoms with Crippen molar-refractivity contribution in [3.05, 3.63) is 86.1 Å². The van der Waals surface area contributed by atoms with Gasteiger partial charge < -0.3 is 10.1 Å². The molecule has 2 aromatic heterocycles. The molecule has 0 saturated carbocycles. The second-order valence-corrected chi connectivity index (χ2v) is 9.35. The van der Waals surface area contributed by atoms with Crippen molar-refractivity contribution in [1.29, 1.82) is 0 Å². The zero-order valence-electron chi connectivity index (χ0n) is 18.8. The summed E-state index contributed by atoms with van der Waals surface area (Å²) in [5.41, 5.74) is 3.47. The molecule has 8 heteroatoms. The number of para-hydroxylation sites is 1. The normalized spacial score (nSPS) is 12.1. The number of aromatic nitrogens is 3. The summed E-state index contributed by atoms with van der Waals surface area (Å²) in [5.74, 6) is 0.790. The lowest BCUT2D eigenvalue weighted by atomic mass is 10.0. The van der Waals surface area contributed by atoms with E-state index < -0.39 is 0 Å². The van der Waals surface area contributed by atoms with Crippen molar-refractivity contribution in [3.63, 3.8) is 0 Å². The lowest BCUT2D eigenvalue weighted by Crippen LogP contribution is -2.29. The van der Waals surface area contributed by atoms with Gasteiger partial charge in [0, 0.05) is 22.2 Å². The van der Waals surface area contributed by atoms with Gasteiger partial charge in [0.05, 0.1) is 11.6 Å². The second kappa shape index (κ2) is 9.95. The molecule has 2 heterocycles. The van der Waals surface area contributed by atoms with Crippen molar-refractivity contribution >= 4 is 28.1 Å². The van der Waals surface area contributed by atoms with Crippen LogP contribution in [-0.4, -0.2) is 21.1 Å². The first-order chi connectivity index (χ1) is 15.9. The molecule has 0 saturated heterocycles. The van der Waals surface area contributed by atoms with E-state index in [9.17, 15) is 9.59 Å². The van der Waals surface area contributed by atoms with Gasteiger partial charge in [0.15, 0.2) is 0 Å². The Hall–Kier alpha value is -3.52. The number of nitrogens with one attached hydrogen (secondary N) is 2. The Kier molecular flexibility index (Phi) is 6.84. The van der Waals surface area contributed by atoms with Gasteiger partial charge in [-0.05, 0) is 55.7 Å². The predicted octanol–water partition coefficient (Wildman–Crippen LogP) is 4.78. The summed E-state index contributed by atoms with van der Waals surface area (Å²) in [5, 5.41) is 11.1. The summed E-state index contributed by atoms with van der Waals surface area (Å²) in [6, 6.07) is 16.8. The average Bonchev–Trinajstić information content (AvgIpc) is 3.23. The fourth-order valence-electron chi connectivity index (χ4n) is 3.70. The summed E-state index contributed by atoms with van der Waals surface area (Å²) in [4.78, 5) is 28.7. The number of H-pyrrole nitrogens is 1. The number of aromatic amines is 1. The number of nitrogens with zero attached hydrogens (tertiary/aromatic N) is 2. The van der Waals surface area contributed by atoms with E-state index in [-0.39, 0.29) is 16.8 Å². The van der Waals surface area contributed by atoms with E-state index in [0.29, 0.717) is 35.3 Å².